The molecule has 0 aliphatic carbocycles. The van der Waals surface area contributed by atoms with Crippen LogP contribution in [0.15, 0.2) is 12.5 Å². The number of hydrogen-bond acceptors (Lipinski definition) is 5. The maximum Gasteiger partial charge on any atom is 0.357 e. The van der Waals surface area contributed by atoms with Gasteiger partial charge in [-0.15, -0.1) is 11.3 Å². The lowest BCUT2D eigenvalue weighted by Gasteiger charge is -2.09. The fraction of sp³-hybridized carbons (Fsp3) is 0.417. The van der Waals surface area contributed by atoms with Crippen molar-refractivity contribution in [2.75, 3.05) is 7.11 Å². The third kappa shape index (κ3) is 2.15. The van der Waals surface area contributed by atoms with E-state index in [1.165, 1.54) is 18.4 Å². The van der Waals surface area contributed by atoms with Gasteiger partial charge in [0.2, 0.25) is 0 Å². The van der Waals surface area contributed by atoms with Gasteiger partial charge >= 0.3 is 5.97 Å². The second-order valence-electron chi connectivity index (χ2n) is 4.20. The van der Waals surface area contributed by atoms with Crippen molar-refractivity contribution in [3.05, 3.63) is 23.1 Å². The fourth-order valence-corrected chi connectivity index (χ4v) is 2.59. The van der Waals surface area contributed by atoms with Crippen LogP contribution in [0, 0.1) is 6.92 Å². The van der Waals surface area contributed by atoms with Crippen molar-refractivity contribution in [1.82, 2.24) is 14.5 Å². The van der Waals surface area contributed by atoms with Gasteiger partial charge in [-0.2, -0.15) is 0 Å². The van der Waals surface area contributed by atoms with Crippen LogP contribution in [0.4, 0.5) is 0 Å². The Morgan fingerprint density at radius 2 is 2.22 bits per heavy atom. The minimum absolute atomic E-state index is 0.299. The molecule has 0 aliphatic heterocycles. The summed E-state index contributed by atoms with van der Waals surface area (Å²) in [5.41, 5.74) is 1.31. The minimum atomic E-state index is -0.398. The van der Waals surface area contributed by atoms with Crippen molar-refractivity contribution in [3.63, 3.8) is 0 Å². The van der Waals surface area contributed by atoms with E-state index in [-0.39, 0.29) is 0 Å². The van der Waals surface area contributed by atoms with Gasteiger partial charge in [0.25, 0.3) is 0 Å². The van der Waals surface area contributed by atoms with Crippen molar-refractivity contribution in [2.24, 2.45) is 0 Å². The predicted octanol–water partition coefficient (Wildman–Crippen LogP) is 2.68. The highest BCUT2D eigenvalue weighted by atomic mass is 32.1. The molecule has 2 heterocycles. The Morgan fingerprint density at radius 3 is 2.83 bits per heavy atom. The van der Waals surface area contributed by atoms with Crippen molar-refractivity contribution < 1.29 is 9.53 Å². The van der Waals surface area contributed by atoms with E-state index in [9.17, 15) is 4.79 Å². The number of methoxy groups -OCH3 is 1. The molecule has 96 valence electrons. The number of imidazole rings is 1. The number of carbonyl (C=O) groups is 1. The first-order valence-corrected chi connectivity index (χ1v) is 6.44. The number of nitrogens with zero attached hydrogens (tertiary/aromatic N) is 3. The molecule has 0 saturated heterocycles. The van der Waals surface area contributed by atoms with Crippen molar-refractivity contribution in [3.8, 4) is 10.7 Å². The molecule has 5 nitrogen and oxygen atoms in total. The third-order valence-corrected chi connectivity index (χ3v) is 3.61. The van der Waals surface area contributed by atoms with Gasteiger partial charge in [0.05, 0.1) is 25.3 Å². The van der Waals surface area contributed by atoms with Crippen molar-refractivity contribution in [1.29, 1.82) is 0 Å². The van der Waals surface area contributed by atoms with Crippen molar-refractivity contribution in [2.45, 2.75) is 26.8 Å². The van der Waals surface area contributed by atoms with Gasteiger partial charge in [0.15, 0.2) is 5.69 Å². The SMILES string of the molecule is COC(=O)c1nc(-c2cncn2C(C)C)sc1C. The molecule has 0 aliphatic rings. The summed E-state index contributed by atoms with van der Waals surface area (Å²) >= 11 is 1.47. The van der Waals surface area contributed by atoms with E-state index in [0.717, 1.165) is 15.6 Å². The van der Waals surface area contributed by atoms with Gasteiger partial charge in [0.1, 0.15) is 5.01 Å². The first-order chi connectivity index (χ1) is 8.54. The predicted molar refractivity (Wildman–Crippen MR) is 69.8 cm³/mol. The lowest BCUT2D eigenvalue weighted by molar-refractivity contribution is 0.0594. The lowest BCUT2D eigenvalue weighted by Crippen LogP contribution is -2.04. The quantitative estimate of drug-likeness (QED) is 0.801. The Labute approximate surface area is 109 Å². The average molecular weight is 265 g/mol. The molecule has 0 aromatic carbocycles. The van der Waals surface area contributed by atoms with Gasteiger partial charge in [-0.25, -0.2) is 14.8 Å². The number of esters is 1. The highest BCUT2D eigenvalue weighted by molar-refractivity contribution is 7.15. The number of aryl methyl sites for hydroxylation is 1. The van der Waals surface area contributed by atoms with Gasteiger partial charge in [-0.1, -0.05) is 0 Å². The molecule has 2 rings (SSSR count). The molecule has 2 aromatic heterocycles. The van der Waals surface area contributed by atoms with Crippen LogP contribution in [-0.4, -0.2) is 27.6 Å². The van der Waals surface area contributed by atoms with Crippen LogP contribution < -0.4 is 0 Å². The standard InChI is InChI=1S/C12H15N3O2S/c1-7(2)15-6-13-5-9(15)11-14-10(8(3)18-11)12(16)17-4/h5-7H,1-4H3. The zero-order valence-corrected chi connectivity index (χ0v) is 11.6. The summed E-state index contributed by atoms with van der Waals surface area (Å²) in [6.45, 7) is 6.02. The molecular formula is C12H15N3O2S. The van der Waals surface area contributed by atoms with E-state index in [1.807, 2.05) is 11.5 Å². The van der Waals surface area contributed by atoms with Gasteiger partial charge in [0, 0.05) is 10.9 Å². The molecule has 0 radical (unpaired) electrons. The summed E-state index contributed by atoms with van der Waals surface area (Å²) < 4.78 is 6.74. The van der Waals surface area contributed by atoms with E-state index >= 15 is 0 Å². The molecular weight excluding hydrogens is 250 g/mol. The molecule has 0 fully saturated rings. The zero-order valence-electron chi connectivity index (χ0n) is 10.8. The smallest absolute Gasteiger partial charge is 0.357 e. The van der Waals surface area contributed by atoms with Gasteiger partial charge < -0.3 is 9.30 Å². The second-order valence-corrected chi connectivity index (χ2v) is 5.40. The highest BCUT2D eigenvalue weighted by Crippen LogP contribution is 2.29. The molecule has 0 unspecified atom stereocenters. The number of aromatic nitrogens is 3. The summed E-state index contributed by atoms with van der Waals surface area (Å²) in [5.74, 6) is -0.398. The van der Waals surface area contributed by atoms with Crippen LogP contribution in [0.5, 0.6) is 0 Å². The number of ether oxygens (including phenoxy) is 1. The molecule has 0 bridgehead atoms. The maximum absolute atomic E-state index is 11.5. The Kier molecular flexibility index (Phi) is 3.47. The Bertz CT molecular complexity index is 572. The Morgan fingerprint density at radius 1 is 1.50 bits per heavy atom. The lowest BCUT2D eigenvalue weighted by atomic mass is 10.3. The van der Waals surface area contributed by atoms with E-state index < -0.39 is 5.97 Å². The Balaban J connectivity index is 2.46. The van der Waals surface area contributed by atoms with Crippen LogP contribution in [-0.2, 0) is 4.74 Å². The first kappa shape index (κ1) is 12.8. The first-order valence-electron chi connectivity index (χ1n) is 5.62. The van der Waals surface area contributed by atoms with Crippen LogP contribution in [0.25, 0.3) is 10.7 Å². The molecule has 0 amide bonds. The number of thiazole rings is 1. The Hall–Kier alpha value is -1.69. The summed E-state index contributed by atoms with van der Waals surface area (Å²) in [7, 11) is 1.36. The van der Waals surface area contributed by atoms with E-state index in [2.05, 4.69) is 23.8 Å². The summed E-state index contributed by atoms with van der Waals surface area (Å²) in [5, 5.41) is 0.791. The maximum atomic E-state index is 11.5. The third-order valence-electron chi connectivity index (χ3n) is 2.62. The van der Waals surface area contributed by atoms with E-state index in [0.29, 0.717) is 11.7 Å². The molecule has 0 N–H and O–H groups in total. The fourth-order valence-electron chi connectivity index (χ4n) is 1.67. The monoisotopic (exact) mass is 265 g/mol. The van der Waals surface area contributed by atoms with Crippen LogP contribution in [0.2, 0.25) is 0 Å². The number of hydrogen-bond donors (Lipinski definition) is 0. The van der Waals surface area contributed by atoms with Crippen LogP contribution in [0.3, 0.4) is 0 Å². The van der Waals surface area contributed by atoms with Gasteiger partial charge in [-0.05, 0) is 20.8 Å². The molecule has 18 heavy (non-hydrogen) atoms. The summed E-state index contributed by atoms with van der Waals surface area (Å²) in [6.07, 6.45) is 3.54. The van der Waals surface area contributed by atoms with E-state index in [4.69, 9.17) is 4.74 Å². The molecule has 0 saturated carbocycles. The second kappa shape index (κ2) is 4.89. The topological polar surface area (TPSA) is 57.0 Å². The summed E-state index contributed by atoms with van der Waals surface area (Å²) in [4.78, 5) is 20.9. The van der Waals surface area contributed by atoms with Crippen LogP contribution >= 0.6 is 11.3 Å². The van der Waals surface area contributed by atoms with Crippen LogP contribution in [0.1, 0.15) is 35.3 Å². The van der Waals surface area contributed by atoms with Gasteiger partial charge in [-0.3, -0.25) is 0 Å². The zero-order chi connectivity index (χ0) is 13.3. The molecule has 2 aromatic rings. The highest BCUT2D eigenvalue weighted by Gasteiger charge is 2.19. The number of rotatable bonds is 3. The normalized spacial score (nSPS) is 10.9. The molecule has 6 heteroatoms. The largest absolute Gasteiger partial charge is 0.464 e. The minimum Gasteiger partial charge on any atom is -0.464 e. The van der Waals surface area contributed by atoms with Crippen molar-refractivity contribution >= 4 is 17.3 Å². The molecule has 0 spiro atoms. The van der Waals surface area contributed by atoms with E-state index in [1.54, 1.807) is 12.5 Å². The molecule has 0 atom stereocenters. The summed E-state index contributed by atoms with van der Waals surface area (Å²) in [6, 6.07) is 0.299. The average Bonchev–Trinajstić information content (AvgIpc) is 2.93. The number of carbonyl (C=O) groups excluding carboxylic acids is 1.